The van der Waals surface area contributed by atoms with Gasteiger partial charge in [-0.2, -0.15) is 0 Å². The lowest BCUT2D eigenvalue weighted by molar-refractivity contribution is -0.131. The van der Waals surface area contributed by atoms with Crippen molar-refractivity contribution in [2.75, 3.05) is 13.1 Å². The molecule has 1 aliphatic heterocycles. The lowest BCUT2D eigenvalue weighted by Gasteiger charge is -2.16. The van der Waals surface area contributed by atoms with Gasteiger partial charge in [0.1, 0.15) is 12.4 Å². The molecule has 7 nitrogen and oxygen atoms in total. The van der Waals surface area contributed by atoms with Gasteiger partial charge in [0.25, 0.3) is 0 Å². The Morgan fingerprint density at radius 3 is 2.83 bits per heavy atom. The maximum atomic E-state index is 12.2. The van der Waals surface area contributed by atoms with Gasteiger partial charge in [0.05, 0.1) is 0 Å². The maximum Gasteiger partial charge on any atom is 0.244 e. The second kappa shape index (κ2) is 4.31. The van der Waals surface area contributed by atoms with Crippen molar-refractivity contribution in [1.29, 1.82) is 0 Å². The molecule has 98 valence electrons. The molecule has 2 fully saturated rings. The van der Waals surface area contributed by atoms with Crippen molar-refractivity contribution in [3.63, 3.8) is 0 Å². The normalized spacial score (nSPS) is 27.8. The summed E-state index contributed by atoms with van der Waals surface area (Å²) in [6.07, 6.45) is 2.54. The van der Waals surface area contributed by atoms with Crippen LogP contribution in [0, 0.1) is 18.8 Å². The summed E-state index contributed by atoms with van der Waals surface area (Å²) >= 11 is 0. The number of rotatable bonds is 3. The average molecular weight is 250 g/mol. The molecule has 2 N–H and O–H groups in total. The third-order valence-corrected chi connectivity index (χ3v) is 3.99. The van der Waals surface area contributed by atoms with E-state index in [9.17, 15) is 4.79 Å². The first-order valence-electron chi connectivity index (χ1n) is 6.41. The highest BCUT2D eigenvalue weighted by atomic mass is 16.2. The minimum Gasteiger partial charge on any atom is -0.339 e. The second-order valence-corrected chi connectivity index (χ2v) is 5.35. The van der Waals surface area contributed by atoms with E-state index in [4.69, 9.17) is 5.73 Å². The molecule has 1 saturated heterocycles. The topological polar surface area (TPSA) is 89.9 Å². The van der Waals surface area contributed by atoms with Crippen LogP contribution in [0.15, 0.2) is 0 Å². The minimum atomic E-state index is 0.0593. The van der Waals surface area contributed by atoms with Gasteiger partial charge in [-0.05, 0) is 42.0 Å². The van der Waals surface area contributed by atoms with Gasteiger partial charge in [-0.15, -0.1) is 5.10 Å². The average Bonchev–Trinajstić information content (AvgIpc) is 3.00. The number of likely N-dealkylation sites (tertiary alicyclic amines) is 1. The quantitative estimate of drug-likeness (QED) is 0.756. The highest BCUT2D eigenvalue weighted by Gasteiger charge is 2.42. The molecule has 2 heterocycles. The highest BCUT2D eigenvalue weighted by Crippen LogP contribution is 2.40. The van der Waals surface area contributed by atoms with Gasteiger partial charge >= 0.3 is 0 Å². The van der Waals surface area contributed by atoms with Gasteiger partial charge in [0.15, 0.2) is 0 Å². The zero-order chi connectivity index (χ0) is 12.7. The molecule has 1 saturated carbocycles. The molecule has 2 aliphatic rings. The summed E-state index contributed by atoms with van der Waals surface area (Å²) in [6, 6.07) is 0.136. The molecule has 1 aliphatic carbocycles. The number of aromatic nitrogens is 4. The zero-order valence-electron chi connectivity index (χ0n) is 10.5. The summed E-state index contributed by atoms with van der Waals surface area (Å²) in [4.78, 5) is 14.0. The molecule has 0 aromatic carbocycles. The molecule has 18 heavy (non-hydrogen) atoms. The van der Waals surface area contributed by atoms with Crippen LogP contribution in [0.1, 0.15) is 18.7 Å². The Balaban J connectivity index is 1.62. The first-order valence-corrected chi connectivity index (χ1v) is 6.41. The van der Waals surface area contributed by atoms with Crippen LogP contribution in [0.4, 0.5) is 0 Å². The number of nitrogens with two attached hydrogens (primary N) is 1. The van der Waals surface area contributed by atoms with Crippen LogP contribution in [0.2, 0.25) is 0 Å². The Kier molecular flexibility index (Phi) is 2.77. The van der Waals surface area contributed by atoms with Crippen molar-refractivity contribution in [1.82, 2.24) is 25.1 Å². The zero-order valence-corrected chi connectivity index (χ0v) is 10.5. The molecule has 0 bridgehead atoms. The third kappa shape index (κ3) is 2.10. The molecular formula is C11H18N6O. The van der Waals surface area contributed by atoms with E-state index in [0.29, 0.717) is 18.3 Å². The van der Waals surface area contributed by atoms with Crippen molar-refractivity contribution >= 4 is 5.91 Å². The predicted molar refractivity (Wildman–Crippen MR) is 63.3 cm³/mol. The number of hydrogen-bond donors (Lipinski definition) is 1. The fourth-order valence-corrected chi connectivity index (χ4v) is 2.70. The van der Waals surface area contributed by atoms with E-state index in [0.717, 1.165) is 12.5 Å². The van der Waals surface area contributed by atoms with Crippen molar-refractivity contribution in [3.05, 3.63) is 5.82 Å². The first-order chi connectivity index (χ1) is 8.65. The second-order valence-electron chi connectivity index (χ2n) is 5.35. The molecule has 1 aromatic rings. The highest BCUT2D eigenvalue weighted by molar-refractivity contribution is 5.76. The van der Waals surface area contributed by atoms with Gasteiger partial charge in [-0.3, -0.25) is 4.79 Å². The number of nitrogens with zero attached hydrogens (tertiary/aromatic N) is 5. The van der Waals surface area contributed by atoms with Crippen LogP contribution in [-0.4, -0.2) is 50.1 Å². The Hall–Kier alpha value is -1.50. The van der Waals surface area contributed by atoms with Crippen LogP contribution in [0.5, 0.6) is 0 Å². The van der Waals surface area contributed by atoms with Gasteiger partial charge < -0.3 is 10.6 Å². The van der Waals surface area contributed by atoms with Gasteiger partial charge in [-0.1, -0.05) is 0 Å². The van der Waals surface area contributed by atoms with E-state index in [1.165, 1.54) is 17.5 Å². The molecule has 1 aromatic heterocycles. The monoisotopic (exact) mass is 250 g/mol. The third-order valence-electron chi connectivity index (χ3n) is 3.99. The van der Waals surface area contributed by atoms with Crippen molar-refractivity contribution in [3.8, 4) is 0 Å². The molecule has 3 rings (SSSR count). The van der Waals surface area contributed by atoms with Gasteiger partial charge in [0, 0.05) is 19.1 Å². The molecule has 2 atom stereocenters. The van der Waals surface area contributed by atoms with Crippen LogP contribution in [0.3, 0.4) is 0 Å². The van der Waals surface area contributed by atoms with E-state index < -0.39 is 0 Å². The number of hydrogen-bond acceptors (Lipinski definition) is 5. The SMILES string of the molecule is Cc1nnnn1CC(=O)N1C[C@@H](N)[C@H](C2CC2)C1. The van der Waals surface area contributed by atoms with Gasteiger partial charge in [-0.25, -0.2) is 4.68 Å². The van der Waals surface area contributed by atoms with Crippen molar-refractivity contribution in [2.45, 2.75) is 32.4 Å². The fraction of sp³-hybridized carbons (Fsp3) is 0.818. The lowest BCUT2D eigenvalue weighted by Crippen LogP contribution is -2.34. The summed E-state index contributed by atoms with van der Waals surface area (Å²) in [5.74, 6) is 1.95. The molecule has 7 heteroatoms. The Labute approximate surface area is 105 Å². The number of carbonyl (C=O) groups is 1. The van der Waals surface area contributed by atoms with Gasteiger partial charge in [0.2, 0.25) is 5.91 Å². The van der Waals surface area contributed by atoms with Crippen LogP contribution < -0.4 is 5.73 Å². The smallest absolute Gasteiger partial charge is 0.244 e. The Morgan fingerprint density at radius 1 is 1.44 bits per heavy atom. The number of amides is 1. The molecular weight excluding hydrogens is 232 g/mol. The number of carbonyl (C=O) groups excluding carboxylic acids is 1. The number of aryl methyl sites for hydroxylation is 1. The molecule has 0 spiro atoms. The Bertz CT molecular complexity index is 454. The van der Waals surface area contributed by atoms with Crippen LogP contribution in [-0.2, 0) is 11.3 Å². The summed E-state index contributed by atoms with van der Waals surface area (Å²) < 4.78 is 1.53. The fourth-order valence-electron chi connectivity index (χ4n) is 2.70. The molecule has 0 unspecified atom stereocenters. The Morgan fingerprint density at radius 2 is 2.22 bits per heavy atom. The largest absolute Gasteiger partial charge is 0.339 e. The standard InChI is InChI=1S/C11H18N6O/c1-7-13-14-15-17(7)6-11(18)16-4-9(8-2-3-8)10(12)5-16/h8-10H,2-6,12H2,1H3/t9-,10+/m0/s1. The summed E-state index contributed by atoms with van der Waals surface area (Å²) in [5, 5.41) is 11.1. The van der Waals surface area contributed by atoms with E-state index in [1.54, 1.807) is 6.92 Å². The van der Waals surface area contributed by atoms with Crippen LogP contribution >= 0.6 is 0 Å². The van der Waals surface area contributed by atoms with Crippen LogP contribution in [0.25, 0.3) is 0 Å². The van der Waals surface area contributed by atoms with Crippen molar-refractivity contribution < 1.29 is 4.79 Å². The molecule has 1 amide bonds. The number of tetrazole rings is 1. The predicted octanol–water partition coefficient (Wildman–Crippen LogP) is -0.823. The summed E-state index contributed by atoms with van der Waals surface area (Å²) in [7, 11) is 0. The van der Waals surface area contributed by atoms with E-state index in [2.05, 4.69) is 15.5 Å². The first kappa shape index (κ1) is 11.6. The maximum absolute atomic E-state index is 12.2. The lowest BCUT2D eigenvalue weighted by atomic mass is 9.99. The summed E-state index contributed by atoms with van der Waals surface area (Å²) in [5.41, 5.74) is 6.11. The summed E-state index contributed by atoms with van der Waals surface area (Å²) in [6.45, 7) is 3.46. The van der Waals surface area contributed by atoms with E-state index >= 15 is 0 Å². The molecule has 0 radical (unpaired) electrons. The van der Waals surface area contributed by atoms with E-state index in [-0.39, 0.29) is 18.5 Å². The van der Waals surface area contributed by atoms with E-state index in [1.807, 2.05) is 4.90 Å². The van der Waals surface area contributed by atoms with Crippen molar-refractivity contribution in [2.24, 2.45) is 17.6 Å². The minimum absolute atomic E-state index is 0.0593.